The molecule has 2 aromatic heterocycles. The summed E-state index contributed by atoms with van der Waals surface area (Å²) in [4.78, 5) is 6.60. The minimum Gasteiger partial charge on any atom is -0.461 e. The maximum absolute atomic E-state index is 13.2. The Kier molecular flexibility index (Phi) is 2.91. The third kappa shape index (κ3) is 1.95. The van der Waals surface area contributed by atoms with Gasteiger partial charge in [-0.25, -0.2) is 0 Å². The van der Waals surface area contributed by atoms with Crippen LogP contribution in [0.3, 0.4) is 0 Å². The van der Waals surface area contributed by atoms with Gasteiger partial charge in [0.2, 0.25) is 6.23 Å². The highest BCUT2D eigenvalue weighted by Crippen LogP contribution is 2.35. The lowest BCUT2D eigenvalue weighted by atomic mass is 10.2. The maximum atomic E-state index is 13.2. The summed E-state index contributed by atoms with van der Waals surface area (Å²) in [5.41, 5.74) is 5.05. The van der Waals surface area contributed by atoms with Gasteiger partial charge in [-0.15, -0.1) is 5.10 Å². The molecule has 1 aliphatic heterocycles. The number of aliphatic hydroxyl groups is 2. The number of hydrogen-bond acceptors (Lipinski definition) is 8. The van der Waals surface area contributed by atoms with Crippen LogP contribution in [0.15, 0.2) is 11.8 Å². The van der Waals surface area contributed by atoms with E-state index in [1.165, 1.54) is 0 Å². The first-order valence-corrected chi connectivity index (χ1v) is 5.52. The van der Waals surface area contributed by atoms with E-state index in [1.807, 2.05) is 0 Å². The first kappa shape index (κ1) is 13.5. The van der Waals surface area contributed by atoms with E-state index in [1.54, 1.807) is 0 Å². The number of aromatic nitrogens is 5. The standard InChI is InChI=1S/C9H7F3N6O3/c10-5(11)4-2(19)3(20)8(21-4)18-7-1(16-17-18)6(13)14-9(12)15-7/h2-3,8,19-20H,(H2,13,14,15)/t2-,3+,8+/m0/s1. The molecule has 4 N–H and O–H groups in total. The number of nitrogens with zero attached hydrogens (tertiary/aromatic N) is 5. The smallest absolute Gasteiger partial charge is 0.312 e. The van der Waals surface area contributed by atoms with Crippen molar-refractivity contribution < 1.29 is 28.1 Å². The monoisotopic (exact) mass is 304 g/mol. The number of rotatable bonds is 1. The minimum absolute atomic E-state index is 0.0974. The molecule has 21 heavy (non-hydrogen) atoms. The number of hydrogen-bond donors (Lipinski definition) is 3. The Hall–Kier alpha value is -2.47. The highest BCUT2D eigenvalue weighted by molar-refractivity contribution is 5.80. The fourth-order valence-electron chi connectivity index (χ4n) is 1.93. The lowest BCUT2D eigenvalue weighted by Crippen LogP contribution is -2.28. The van der Waals surface area contributed by atoms with Crippen molar-refractivity contribution >= 4 is 17.0 Å². The second-order valence-corrected chi connectivity index (χ2v) is 4.15. The number of fused-ring (bicyclic) bond motifs is 1. The topological polar surface area (TPSA) is 132 Å². The van der Waals surface area contributed by atoms with Crippen LogP contribution in [0.2, 0.25) is 0 Å². The van der Waals surface area contributed by atoms with Crippen LogP contribution in [0.5, 0.6) is 0 Å². The van der Waals surface area contributed by atoms with Gasteiger partial charge in [0.15, 0.2) is 22.7 Å². The van der Waals surface area contributed by atoms with E-state index in [9.17, 15) is 23.4 Å². The second-order valence-electron chi connectivity index (χ2n) is 4.15. The molecule has 3 heterocycles. The van der Waals surface area contributed by atoms with Crippen molar-refractivity contribution in [3.8, 4) is 0 Å². The third-order valence-corrected chi connectivity index (χ3v) is 2.88. The highest BCUT2D eigenvalue weighted by Gasteiger charge is 2.45. The summed E-state index contributed by atoms with van der Waals surface area (Å²) in [6, 6.07) is 0. The molecule has 0 aliphatic carbocycles. The van der Waals surface area contributed by atoms with Crippen LogP contribution in [0.4, 0.5) is 19.0 Å². The van der Waals surface area contributed by atoms with Crippen molar-refractivity contribution in [2.24, 2.45) is 0 Å². The Morgan fingerprint density at radius 2 is 2.00 bits per heavy atom. The fraction of sp³-hybridized carbons (Fsp3) is 0.333. The predicted octanol–water partition coefficient (Wildman–Crippen LogP) is -0.699. The van der Waals surface area contributed by atoms with Gasteiger partial charge in [-0.2, -0.15) is 27.8 Å². The van der Waals surface area contributed by atoms with Crippen molar-refractivity contribution in [2.45, 2.75) is 18.4 Å². The molecule has 1 aliphatic rings. The quantitative estimate of drug-likeness (QED) is 0.589. The zero-order chi connectivity index (χ0) is 15.3. The number of nitrogens with two attached hydrogens (primary N) is 1. The maximum Gasteiger partial charge on any atom is 0.312 e. The lowest BCUT2D eigenvalue weighted by molar-refractivity contribution is -0.0199. The summed E-state index contributed by atoms with van der Waals surface area (Å²) in [6.45, 7) is 0. The molecule has 0 saturated carbocycles. The minimum atomic E-state index is -2.30. The number of aliphatic hydroxyl groups excluding tert-OH is 2. The van der Waals surface area contributed by atoms with Crippen LogP contribution in [-0.4, -0.2) is 47.4 Å². The molecule has 3 atom stereocenters. The number of ether oxygens (including phenoxy) is 1. The number of halogens is 3. The molecule has 1 fully saturated rings. The molecule has 12 heteroatoms. The van der Waals surface area contributed by atoms with Gasteiger partial charge in [0, 0.05) is 0 Å². The summed E-state index contributed by atoms with van der Waals surface area (Å²) in [5.74, 6) is -1.41. The third-order valence-electron chi connectivity index (χ3n) is 2.88. The Morgan fingerprint density at radius 1 is 1.29 bits per heavy atom. The predicted molar refractivity (Wildman–Crippen MR) is 58.9 cm³/mol. The molecule has 0 radical (unpaired) electrons. The van der Waals surface area contributed by atoms with Gasteiger partial charge < -0.3 is 20.7 Å². The van der Waals surface area contributed by atoms with Crippen LogP contribution >= 0.6 is 0 Å². The van der Waals surface area contributed by atoms with E-state index < -0.39 is 36.4 Å². The van der Waals surface area contributed by atoms with Crippen LogP contribution in [0, 0.1) is 6.08 Å². The van der Waals surface area contributed by atoms with Crippen LogP contribution < -0.4 is 5.73 Å². The van der Waals surface area contributed by atoms with Gasteiger partial charge >= 0.3 is 12.2 Å². The molecule has 3 rings (SSSR count). The molecule has 9 nitrogen and oxygen atoms in total. The zero-order valence-corrected chi connectivity index (χ0v) is 9.98. The SMILES string of the molecule is Nc1nc(F)nc2c1nnn2[C@@H]1OC(=C(F)F)[C@@H](O)[C@H]1O. The largest absolute Gasteiger partial charge is 0.461 e. The second kappa shape index (κ2) is 4.53. The molecule has 1 saturated heterocycles. The molecule has 0 spiro atoms. The van der Waals surface area contributed by atoms with E-state index in [0.29, 0.717) is 0 Å². The Labute approximate surface area is 113 Å². The highest BCUT2D eigenvalue weighted by atomic mass is 19.3. The Bertz CT molecular complexity index is 746. The van der Waals surface area contributed by atoms with Gasteiger partial charge in [0.1, 0.15) is 12.2 Å². The fourth-order valence-corrected chi connectivity index (χ4v) is 1.93. The summed E-state index contributed by atoms with van der Waals surface area (Å²) in [6.07, 6.45) is -8.78. The van der Waals surface area contributed by atoms with E-state index in [4.69, 9.17) is 10.5 Å². The molecule has 0 unspecified atom stereocenters. The van der Waals surface area contributed by atoms with E-state index in [2.05, 4.69) is 20.3 Å². The van der Waals surface area contributed by atoms with Crippen molar-refractivity contribution in [3.63, 3.8) is 0 Å². The van der Waals surface area contributed by atoms with Gasteiger partial charge in [0.05, 0.1) is 0 Å². The summed E-state index contributed by atoms with van der Waals surface area (Å²) < 4.78 is 43.8. The number of anilines is 1. The molecule has 2 aromatic rings. The van der Waals surface area contributed by atoms with Gasteiger partial charge in [-0.05, 0) is 0 Å². The molecule has 0 aromatic carbocycles. The molecular formula is C9H7F3N6O3. The normalized spacial score (nSPS) is 25.4. The van der Waals surface area contributed by atoms with Gasteiger partial charge in [0.25, 0.3) is 0 Å². The lowest BCUT2D eigenvalue weighted by Gasteiger charge is -2.13. The van der Waals surface area contributed by atoms with Crippen molar-refractivity contribution in [2.75, 3.05) is 5.73 Å². The molecule has 0 bridgehead atoms. The molecule has 0 amide bonds. The van der Waals surface area contributed by atoms with Crippen molar-refractivity contribution in [1.29, 1.82) is 0 Å². The van der Waals surface area contributed by atoms with Crippen LogP contribution in [-0.2, 0) is 4.74 Å². The summed E-state index contributed by atoms with van der Waals surface area (Å²) in [7, 11) is 0. The van der Waals surface area contributed by atoms with Crippen molar-refractivity contribution in [1.82, 2.24) is 25.0 Å². The average Bonchev–Trinajstić information content (AvgIpc) is 2.93. The Balaban J connectivity index is 2.12. The van der Waals surface area contributed by atoms with E-state index >= 15 is 0 Å². The summed E-state index contributed by atoms with van der Waals surface area (Å²) >= 11 is 0. The first-order valence-electron chi connectivity index (χ1n) is 5.52. The number of nitrogen functional groups attached to an aromatic ring is 1. The average molecular weight is 304 g/mol. The summed E-state index contributed by atoms with van der Waals surface area (Å²) in [5, 5.41) is 26.3. The van der Waals surface area contributed by atoms with Gasteiger partial charge in [-0.1, -0.05) is 5.21 Å². The first-order chi connectivity index (χ1) is 9.90. The van der Waals surface area contributed by atoms with Gasteiger partial charge in [-0.3, -0.25) is 0 Å². The van der Waals surface area contributed by atoms with E-state index in [-0.39, 0.29) is 17.0 Å². The molecule has 112 valence electrons. The molecular weight excluding hydrogens is 297 g/mol. The Morgan fingerprint density at radius 3 is 2.62 bits per heavy atom. The van der Waals surface area contributed by atoms with Crippen LogP contribution in [0.25, 0.3) is 11.2 Å². The van der Waals surface area contributed by atoms with Crippen LogP contribution in [0.1, 0.15) is 6.23 Å². The van der Waals surface area contributed by atoms with Crippen molar-refractivity contribution in [3.05, 3.63) is 17.9 Å². The van der Waals surface area contributed by atoms with E-state index in [0.717, 1.165) is 4.68 Å². The zero-order valence-electron chi connectivity index (χ0n) is 9.98.